The number of halogens is 1. The number of hydrogen-bond donors (Lipinski definition) is 2. The molecule has 0 unspecified atom stereocenters. The second-order valence-electron chi connectivity index (χ2n) is 6.41. The topological polar surface area (TPSA) is 63.2 Å². The number of rotatable bonds is 6. The van der Waals surface area contributed by atoms with Gasteiger partial charge in [0.15, 0.2) is 5.13 Å². The van der Waals surface area contributed by atoms with Gasteiger partial charge in [0.25, 0.3) is 5.91 Å². The maximum atomic E-state index is 12.5. The van der Waals surface area contributed by atoms with Crippen LogP contribution >= 0.6 is 22.9 Å². The first-order chi connectivity index (χ1) is 14.6. The van der Waals surface area contributed by atoms with Gasteiger partial charge in [0, 0.05) is 28.4 Å². The molecule has 150 valence electrons. The third kappa shape index (κ3) is 4.62. The first-order valence-electron chi connectivity index (χ1n) is 9.15. The summed E-state index contributed by atoms with van der Waals surface area (Å²) >= 11 is 7.62. The van der Waals surface area contributed by atoms with Gasteiger partial charge in [-0.05, 0) is 36.4 Å². The molecule has 0 atom stereocenters. The summed E-state index contributed by atoms with van der Waals surface area (Å²) in [6, 6.07) is 22.2. The van der Waals surface area contributed by atoms with Gasteiger partial charge < -0.3 is 15.4 Å². The van der Waals surface area contributed by atoms with Crippen LogP contribution in [0.5, 0.6) is 5.75 Å². The van der Waals surface area contributed by atoms with Gasteiger partial charge in [0.05, 0.1) is 23.4 Å². The number of amides is 1. The van der Waals surface area contributed by atoms with Gasteiger partial charge in [-0.25, -0.2) is 4.98 Å². The van der Waals surface area contributed by atoms with Crippen LogP contribution in [0.15, 0.2) is 78.2 Å². The first-order valence-corrected chi connectivity index (χ1v) is 10.4. The Bertz CT molecular complexity index is 1190. The maximum absolute atomic E-state index is 12.5. The van der Waals surface area contributed by atoms with Crippen molar-refractivity contribution < 1.29 is 9.53 Å². The molecule has 0 aliphatic carbocycles. The smallest absolute Gasteiger partial charge is 0.257 e. The van der Waals surface area contributed by atoms with E-state index in [4.69, 9.17) is 16.3 Å². The summed E-state index contributed by atoms with van der Waals surface area (Å²) in [6.45, 7) is 0. The molecule has 30 heavy (non-hydrogen) atoms. The van der Waals surface area contributed by atoms with E-state index in [2.05, 4.69) is 15.6 Å². The zero-order chi connectivity index (χ0) is 20.9. The van der Waals surface area contributed by atoms with Gasteiger partial charge in [-0.2, -0.15) is 0 Å². The number of nitrogens with zero attached hydrogens (tertiary/aromatic N) is 1. The number of thiazole rings is 1. The van der Waals surface area contributed by atoms with Gasteiger partial charge in [0.2, 0.25) is 0 Å². The molecule has 2 N–H and O–H groups in total. The molecule has 7 heteroatoms. The number of anilines is 3. The Labute approximate surface area is 183 Å². The lowest BCUT2D eigenvalue weighted by molar-refractivity contribution is 0.102. The van der Waals surface area contributed by atoms with E-state index < -0.39 is 0 Å². The Morgan fingerprint density at radius 1 is 1.00 bits per heavy atom. The number of carbonyl (C=O) groups excluding carboxylic acids is 1. The van der Waals surface area contributed by atoms with Crippen molar-refractivity contribution in [1.29, 1.82) is 0 Å². The van der Waals surface area contributed by atoms with Crippen LogP contribution in [0.1, 0.15) is 10.4 Å². The number of hydrogen-bond acceptors (Lipinski definition) is 5. The highest BCUT2D eigenvalue weighted by Gasteiger charge is 2.11. The Kier molecular flexibility index (Phi) is 5.97. The largest absolute Gasteiger partial charge is 0.497 e. The number of ether oxygens (including phenoxy) is 1. The highest BCUT2D eigenvalue weighted by molar-refractivity contribution is 7.14. The Morgan fingerprint density at radius 3 is 2.63 bits per heavy atom. The molecule has 0 saturated heterocycles. The SMILES string of the molecule is COc1cccc(Nc2nc(-c3cccc(NC(=O)c4ccccc4Cl)c3)cs2)c1. The van der Waals surface area contributed by atoms with Crippen molar-refractivity contribution >= 4 is 45.4 Å². The minimum absolute atomic E-state index is 0.253. The fraction of sp³-hybridized carbons (Fsp3) is 0.0435. The van der Waals surface area contributed by atoms with Gasteiger partial charge >= 0.3 is 0 Å². The number of carbonyl (C=O) groups is 1. The molecular formula is C23H18ClN3O2S. The number of aromatic nitrogens is 1. The monoisotopic (exact) mass is 435 g/mol. The molecule has 1 heterocycles. The van der Waals surface area contributed by atoms with Crippen LogP contribution in [0.4, 0.5) is 16.5 Å². The van der Waals surface area contributed by atoms with Crippen LogP contribution in [0.2, 0.25) is 5.02 Å². The molecule has 1 aromatic heterocycles. The van der Waals surface area contributed by atoms with E-state index in [0.717, 1.165) is 27.8 Å². The summed E-state index contributed by atoms with van der Waals surface area (Å²) in [6.07, 6.45) is 0. The highest BCUT2D eigenvalue weighted by atomic mass is 35.5. The van der Waals surface area contributed by atoms with Crippen LogP contribution in [0.25, 0.3) is 11.3 Å². The fourth-order valence-electron chi connectivity index (χ4n) is 2.89. The lowest BCUT2D eigenvalue weighted by Gasteiger charge is -2.08. The van der Waals surface area contributed by atoms with E-state index in [-0.39, 0.29) is 5.91 Å². The first kappa shape index (κ1) is 19.9. The van der Waals surface area contributed by atoms with Crippen molar-refractivity contribution in [1.82, 2.24) is 4.98 Å². The average Bonchev–Trinajstić information content (AvgIpc) is 3.23. The summed E-state index contributed by atoms with van der Waals surface area (Å²) in [5.74, 6) is 0.523. The lowest BCUT2D eigenvalue weighted by atomic mass is 10.1. The van der Waals surface area contributed by atoms with E-state index in [9.17, 15) is 4.79 Å². The molecule has 0 aliphatic rings. The lowest BCUT2D eigenvalue weighted by Crippen LogP contribution is -2.12. The molecular weight excluding hydrogens is 418 g/mol. The van der Waals surface area contributed by atoms with Crippen molar-refractivity contribution in [2.45, 2.75) is 0 Å². The van der Waals surface area contributed by atoms with Crippen molar-refractivity contribution in [2.24, 2.45) is 0 Å². The summed E-state index contributed by atoms with van der Waals surface area (Å²) < 4.78 is 5.25. The molecule has 0 saturated carbocycles. The van der Waals surface area contributed by atoms with E-state index in [1.165, 1.54) is 11.3 Å². The molecule has 0 radical (unpaired) electrons. The zero-order valence-electron chi connectivity index (χ0n) is 16.1. The van der Waals surface area contributed by atoms with E-state index in [1.807, 2.05) is 53.9 Å². The Hall–Kier alpha value is -3.35. The molecule has 5 nitrogen and oxygen atoms in total. The number of methoxy groups -OCH3 is 1. The normalized spacial score (nSPS) is 10.5. The maximum Gasteiger partial charge on any atom is 0.257 e. The van der Waals surface area contributed by atoms with Gasteiger partial charge in [-0.15, -0.1) is 11.3 Å². The third-order valence-corrected chi connectivity index (χ3v) is 5.45. The molecule has 4 aromatic rings. The van der Waals surface area contributed by atoms with Gasteiger partial charge in [-0.1, -0.05) is 41.9 Å². The van der Waals surface area contributed by atoms with Crippen LogP contribution < -0.4 is 15.4 Å². The minimum Gasteiger partial charge on any atom is -0.497 e. The van der Waals surface area contributed by atoms with Crippen molar-refractivity contribution in [3.05, 3.63) is 88.8 Å². The predicted octanol–water partition coefficient (Wildman–Crippen LogP) is 6.47. The van der Waals surface area contributed by atoms with Crippen LogP contribution in [-0.2, 0) is 0 Å². The Morgan fingerprint density at radius 2 is 1.80 bits per heavy atom. The summed E-state index contributed by atoms with van der Waals surface area (Å²) in [5, 5.41) is 9.33. The van der Waals surface area contributed by atoms with Crippen LogP contribution in [-0.4, -0.2) is 18.0 Å². The van der Waals surface area contributed by atoms with Crippen LogP contribution in [0.3, 0.4) is 0 Å². The molecule has 1 amide bonds. The van der Waals surface area contributed by atoms with E-state index in [0.29, 0.717) is 16.3 Å². The standard InChI is InChI=1S/C23H18ClN3O2S/c1-29-18-9-5-8-17(13-18)26-23-27-21(14-30-23)15-6-4-7-16(12-15)25-22(28)19-10-2-3-11-20(19)24/h2-14H,1H3,(H,25,28)(H,26,27). The second-order valence-corrected chi connectivity index (χ2v) is 7.67. The van der Waals surface area contributed by atoms with E-state index >= 15 is 0 Å². The quantitative estimate of drug-likeness (QED) is 0.364. The molecule has 0 spiro atoms. The van der Waals surface area contributed by atoms with Crippen molar-refractivity contribution in [3.63, 3.8) is 0 Å². The fourth-order valence-corrected chi connectivity index (χ4v) is 3.85. The minimum atomic E-state index is -0.253. The summed E-state index contributed by atoms with van der Waals surface area (Å²) in [4.78, 5) is 17.2. The predicted molar refractivity (Wildman–Crippen MR) is 123 cm³/mol. The van der Waals surface area contributed by atoms with Gasteiger partial charge in [0.1, 0.15) is 5.75 Å². The highest BCUT2D eigenvalue weighted by Crippen LogP contribution is 2.29. The van der Waals surface area contributed by atoms with Crippen LogP contribution in [0, 0.1) is 0 Å². The zero-order valence-corrected chi connectivity index (χ0v) is 17.6. The molecule has 0 aliphatic heterocycles. The second kappa shape index (κ2) is 8.98. The molecule has 3 aromatic carbocycles. The number of benzene rings is 3. The number of nitrogens with one attached hydrogen (secondary N) is 2. The molecule has 0 bridgehead atoms. The van der Waals surface area contributed by atoms with Crippen molar-refractivity contribution in [3.8, 4) is 17.0 Å². The van der Waals surface area contributed by atoms with Gasteiger partial charge in [-0.3, -0.25) is 4.79 Å². The Balaban J connectivity index is 1.50. The third-order valence-electron chi connectivity index (χ3n) is 4.36. The summed E-state index contributed by atoms with van der Waals surface area (Å²) in [5.41, 5.74) is 3.73. The van der Waals surface area contributed by atoms with E-state index in [1.54, 1.807) is 31.4 Å². The molecule has 0 fully saturated rings. The average molecular weight is 436 g/mol. The summed E-state index contributed by atoms with van der Waals surface area (Å²) in [7, 11) is 1.64. The van der Waals surface area contributed by atoms with Crippen molar-refractivity contribution in [2.75, 3.05) is 17.7 Å². The molecule has 4 rings (SSSR count).